The van der Waals surface area contributed by atoms with Gasteiger partial charge in [0.15, 0.2) is 0 Å². The first kappa shape index (κ1) is 23.5. The summed E-state index contributed by atoms with van der Waals surface area (Å²) in [4.78, 5) is 3.88. The SMILES string of the molecule is [N-]=C(C(=[C-]c1ccsc1)C(O)c1cccnc1)c1ccc(C(F)(F)F)cc1F.[U+2]. The van der Waals surface area contributed by atoms with Gasteiger partial charge >= 0.3 is 37.3 Å². The number of pyridine rings is 1. The van der Waals surface area contributed by atoms with E-state index in [0.717, 1.165) is 6.07 Å². The molecule has 0 saturated carbocycles. The van der Waals surface area contributed by atoms with E-state index >= 15 is 0 Å². The maximum Gasteiger partial charge on any atom is 2.00 e. The summed E-state index contributed by atoms with van der Waals surface area (Å²) < 4.78 is 52.6. The summed E-state index contributed by atoms with van der Waals surface area (Å²) in [6.07, 6.45) is -0.492. The van der Waals surface area contributed by atoms with Crippen molar-refractivity contribution < 1.29 is 53.8 Å². The molecule has 0 radical (unpaired) electrons. The molecule has 9 heteroatoms. The van der Waals surface area contributed by atoms with Crippen molar-refractivity contribution in [3.8, 4) is 0 Å². The topological polar surface area (TPSA) is 55.4 Å². The van der Waals surface area contributed by atoms with Gasteiger partial charge in [-0.15, -0.1) is 23.3 Å². The maximum absolute atomic E-state index is 14.3. The van der Waals surface area contributed by atoms with Crippen molar-refractivity contribution in [2.45, 2.75) is 12.3 Å². The van der Waals surface area contributed by atoms with Gasteiger partial charge in [-0.3, -0.25) is 4.98 Å². The first-order valence-electron chi connectivity index (χ1n) is 7.95. The van der Waals surface area contributed by atoms with E-state index in [-0.39, 0.29) is 36.7 Å². The van der Waals surface area contributed by atoms with E-state index in [0.29, 0.717) is 23.3 Å². The number of nitrogens with zero attached hydrogens (tertiary/aromatic N) is 2. The summed E-state index contributed by atoms with van der Waals surface area (Å²) in [6, 6.07) is 6.55. The van der Waals surface area contributed by atoms with Crippen LogP contribution in [0.5, 0.6) is 0 Å². The second kappa shape index (κ2) is 9.81. The summed E-state index contributed by atoms with van der Waals surface area (Å²) >= 11 is 1.34. The molecule has 1 unspecified atom stereocenters. The fourth-order valence-electron chi connectivity index (χ4n) is 2.48. The van der Waals surface area contributed by atoms with Crippen LogP contribution in [0.25, 0.3) is 5.41 Å². The van der Waals surface area contributed by atoms with Crippen LogP contribution < -0.4 is 0 Å². The van der Waals surface area contributed by atoms with Crippen LogP contribution in [0.15, 0.2) is 65.1 Å². The van der Waals surface area contributed by atoms with Crippen molar-refractivity contribution in [1.29, 1.82) is 0 Å². The van der Waals surface area contributed by atoms with Gasteiger partial charge < -0.3 is 10.5 Å². The molecular weight excluding hydrogens is 630 g/mol. The number of aliphatic hydroxyl groups is 1. The largest absolute Gasteiger partial charge is 2.00 e. The molecule has 29 heavy (non-hydrogen) atoms. The van der Waals surface area contributed by atoms with Crippen LogP contribution in [-0.4, -0.2) is 15.8 Å². The molecule has 2 aromatic heterocycles. The Morgan fingerprint density at radius 1 is 1.21 bits per heavy atom. The van der Waals surface area contributed by atoms with Crippen molar-refractivity contribution in [2.75, 3.05) is 0 Å². The van der Waals surface area contributed by atoms with Crippen LogP contribution in [0.2, 0.25) is 0 Å². The van der Waals surface area contributed by atoms with Crippen LogP contribution >= 0.6 is 11.3 Å². The second-order valence-electron chi connectivity index (χ2n) is 5.78. The fraction of sp³-hybridized carbons (Fsp3) is 0.100. The zero-order valence-corrected chi connectivity index (χ0v) is 19.6. The van der Waals surface area contributed by atoms with E-state index in [1.807, 2.05) is 0 Å². The van der Waals surface area contributed by atoms with Crippen LogP contribution in [0, 0.1) is 43.0 Å². The van der Waals surface area contributed by atoms with E-state index in [1.54, 1.807) is 29.0 Å². The van der Waals surface area contributed by atoms with Crippen molar-refractivity contribution in [3.05, 3.63) is 105 Å². The molecule has 1 atom stereocenters. The molecule has 3 nitrogen and oxygen atoms in total. The molecule has 146 valence electrons. The normalized spacial score (nSPS) is 12.9. The number of rotatable bonds is 5. The third-order valence-electron chi connectivity index (χ3n) is 3.88. The minimum absolute atomic E-state index is 0. The predicted molar refractivity (Wildman–Crippen MR) is 98.2 cm³/mol. The molecule has 3 aromatic rings. The van der Waals surface area contributed by atoms with E-state index in [9.17, 15) is 28.1 Å². The minimum Gasteiger partial charge on any atom is -0.854 e. The zero-order valence-electron chi connectivity index (χ0n) is 14.6. The van der Waals surface area contributed by atoms with Crippen molar-refractivity contribution in [3.63, 3.8) is 0 Å². The molecule has 0 aliphatic rings. The minimum atomic E-state index is -4.72. The molecule has 1 N–H and O–H groups in total. The molecule has 0 saturated heterocycles. The summed E-state index contributed by atoms with van der Waals surface area (Å²) in [6.45, 7) is 0. The first-order valence-corrected chi connectivity index (χ1v) is 8.89. The number of thiophene rings is 1. The quantitative estimate of drug-likeness (QED) is 0.237. The van der Waals surface area contributed by atoms with Gasteiger partial charge in [0.05, 0.1) is 11.7 Å². The molecular formula is C20H12F4N2OSU. The second-order valence-corrected chi connectivity index (χ2v) is 6.56. The average Bonchev–Trinajstić information content (AvgIpc) is 3.18. The standard InChI is InChI=1S/C20H12F4N2OS.U/c21-17-9-14(20(22,23)24)3-4-15(17)18(25)16(8-12-5-7-28-11-12)19(27)13-2-1-6-26-10-13;/h1-7,9-11,19,27H;/q-2;+2. The molecule has 0 aliphatic carbocycles. The van der Waals surface area contributed by atoms with E-state index in [4.69, 9.17) is 0 Å². The van der Waals surface area contributed by atoms with Crippen LogP contribution in [-0.2, 0) is 6.18 Å². The van der Waals surface area contributed by atoms with E-state index in [2.05, 4.69) is 11.1 Å². The Morgan fingerprint density at radius 3 is 2.52 bits per heavy atom. The Kier molecular flexibility index (Phi) is 7.95. The number of aromatic nitrogens is 1. The van der Waals surface area contributed by atoms with Crippen molar-refractivity contribution in [2.24, 2.45) is 0 Å². The Bertz CT molecular complexity index is 1010. The van der Waals surface area contributed by atoms with Crippen LogP contribution in [0.4, 0.5) is 17.6 Å². The number of halogens is 4. The van der Waals surface area contributed by atoms with Crippen molar-refractivity contribution in [1.82, 2.24) is 4.98 Å². The Balaban J connectivity index is 0.00000300. The van der Waals surface area contributed by atoms with Crippen molar-refractivity contribution >= 4 is 17.0 Å². The van der Waals surface area contributed by atoms with Gasteiger partial charge in [0, 0.05) is 18.0 Å². The van der Waals surface area contributed by atoms with Gasteiger partial charge in [-0.1, -0.05) is 29.0 Å². The molecule has 0 aliphatic heterocycles. The number of alkyl halides is 3. The smallest absolute Gasteiger partial charge is 0.854 e. The molecule has 3 rings (SSSR count). The Labute approximate surface area is 192 Å². The van der Waals surface area contributed by atoms with Gasteiger partial charge in [-0.25, -0.2) is 21.4 Å². The number of aliphatic hydroxyl groups excluding tert-OH is 1. The van der Waals surface area contributed by atoms with Gasteiger partial charge in [0.2, 0.25) is 0 Å². The zero-order chi connectivity index (χ0) is 20.3. The average molecular weight is 642 g/mol. The van der Waals surface area contributed by atoms with Crippen LogP contribution in [0.3, 0.4) is 0 Å². The molecule has 0 spiro atoms. The van der Waals surface area contributed by atoms with Gasteiger partial charge in [0.25, 0.3) is 0 Å². The van der Waals surface area contributed by atoms with Gasteiger partial charge in [-0.2, -0.15) is 13.2 Å². The molecule has 1 aromatic carbocycles. The summed E-state index contributed by atoms with van der Waals surface area (Å²) in [7, 11) is 0. The Hall–Kier alpha value is -1.79. The molecule has 0 fully saturated rings. The monoisotopic (exact) mass is 642 g/mol. The van der Waals surface area contributed by atoms with Gasteiger partial charge in [0.1, 0.15) is 5.82 Å². The molecule has 0 amide bonds. The van der Waals surface area contributed by atoms with Gasteiger partial charge in [-0.05, 0) is 17.7 Å². The van der Waals surface area contributed by atoms with Crippen LogP contribution in [0.1, 0.15) is 28.4 Å². The third-order valence-corrected chi connectivity index (χ3v) is 4.56. The summed E-state index contributed by atoms with van der Waals surface area (Å²) in [5.74, 6) is -1.27. The summed E-state index contributed by atoms with van der Waals surface area (Å²) in [5.41, 5.74) is -1.74. The molecule has 2 heterocycles. The predicted octanol–water partition coefficient (Wildman–Crippen LogP) is 5.17. The van der Waals surface area contributed by atoms with E-state index in [1.165, 1.54) is 23.7 Å². The van der Waals surface area contributed by atoms with E-state index < -0.39 is 34.9 Å². The number of hydrogen-bond acceptors (Lipinski definition) is 3. The number of benzene rings is 1. The fourth-order valence-corrected chi connectivity index (χ4v) is 3.07. The number of hydrogen-bond donors (Lipinski definition) is 1. The summed E-state index contributed by atoms with van der Waals surface area (Å²) in [5, 5.41) is 24.7. The third kappa shape index (κ3) is 5.64. The first-order chi connectivity index (χ1) is 13.3. The molecule has 0 bridgehead atoms. The maximum atomic E-state index is 14.3. The Morgan fingerprint density at radius 2 is 1.97 bits per heavy atom.